The predicted octanol–water partition coefficient (Wildman–Crippen LogP) is 1.33. The highest BCUT2D eigenvalue weighted by molar-refractivity contribution is 7.71. The summed E-state index contributed by atoms with van der Waals surface area (Å²) in [5.74, 6) is -0.741. The Morgan fingerprint density at radius 1 is 1.44 bits per heavy atom. The molecular weight excluding hydrogens is 228 g/mol. The van der Waals surface area contributed by atoms with Crippen molar-refractivity contribution in [1.29, 1.82) is 0 Å². The molecule has 16 heavy (non-hydrogen) atoms. The highest BCUT2D eigenvalue weighted by Gasteiger charge is 2.25. The van der Waals surface area contributed by atoms with Gasteiger partial charge in [0.2, 0.25) is 0 Å². The smallest absolute Gasteiger partial charge is 0.308 e. The van der Waals surface area contributed by atoms with E-state index in [1.165, 1.54) is 0 Å². The minimum atomic E-state index is -1.00. The van der Waals surface area contributed by atoms with Crippen molar-refractivity contribution in [1.82, 2.24) is 9.97 Å². The van der Waals surface area contributed by atoms with E-state index in [2.05, 4.69) is 9.97 Å². The molecule has 0 bridgehead atoms. The van der Waals surface area contributed by atoms with Crippen LogP contribution in [0.4, 0.5) is 0 Å². The van der Waals surface area contributed by atoms with E-state index in [1.54, 1.807) is 0 Å². The van der Waals surface area contributed by atoms with Crippen molar-refractivity contribution < 1.29 is 9.90 Å². The Hall–Kier alpha value is -1.43. The van der Waals surface area contributed by atoms with Crippen molar-refractivity contribution in [3.8, 4) is 0 Å². The van der Waals surface area contributed by atoms with Crippen molar-refractivity contribution >= 4 is 18.2 Å². The van der Waals surface area contributed by atoms with Crippen LogP contribution in [0.3, 0.4) is 0 Å². The Bertz CT molecular complexity index is 528. The van der Waals surface area contributed by atoms with Gasteiger partial charge >= 0.3 is 5.97 Å². The van der Waals surface area contributed by atoms with E-state index in [-0.39, 0.29) is 22.7 Å². The third kappa shape index (κ3) is 2.06. The van der Waals surface area contributed by atoms with Gasteiger partial charge in [0, 0.05) is 11.3 Å². The van der Waals surface area contributed by atoms with Crippen LogP contribution in [0.2, 0.25) is 0 Å². The number of aromatic nitrogens is 2. The molecule has 0 unspecified atom stereocenters. The van der Waals surface area contributed by atoms with E-state index >= 15 is 0 Å². The molecule has 1 saturated carbocycles. The molecule has 1 heterocycles. The van der Waals surface area contributed by atoms with Crippen LogP contribution in [-0.2, 0) is 11.2 Å². The van der Waals surface area contributed by atoms with Gasteiger partial charge in [0.05, 0.1) is 6.42 Å². The maximum atomic E-state index is 11.6. The lowest BCUT2D eigenvalue weighted by Crippen LogP contribution is -2.24. The SMILES string of the molecule is O=C(O)Cc1c(C2CCC2)[nH]c(=S)[nH]c1=O. The van der Waals surface area contributed by atoms with Crippen LogP contribution in [0, 0.1) is 4.77 Å². The van der Waals surface area contributed by atoms with Crippen molar-refractivity contribution in [2.45, 2.75) is 31.6 Å². The quantitative estimate of drug-likeness (QED) is 0.696. The predicted molar refractivity (Wildman–Crippen MR) is 60.2 cm³/mol. The van der Waals surface area contributed by atoms with Gasteiger partial charge in [-0.05, 0) is 31.0 Å². The van der Waals surface area contributed by atoms with Gasteiger partial charge in [-0.3, -0.25) is 14.6 Å². The largest absolute Gasteiger partial charge is 0.481 e. The summed E-state index contributed by atoms with van der Waals surface area (Å²) < 4.78 is 0.265. The molecule has 3 N–H and O–H groups in total. The zero-order chi connectivity index (χ0) is 11.7. The number of rotatable bonds is 3. The minimum absolute atomic E-state index is 0.257. The summed E-state index contributed by atoms with van der Waals surface area (Å²) in [4.78, 5) is 27.7. The molecule has 1 aliphatic rings. The molecule has 1 aliphatic carbocycles. The van der Waals surface area contributed by atoms with Crippen LogP contribution in [0.1, 0.15) is 36.4 Å². The number of aromatic amines is 2. The molecule has 0 spiro atoms. The lowest BCUT2D eigenvalue weighted by Gasteiger charge is -2.26. The third-order valence-corrected chi connectivity index (χ3v) is 3.12. The lowest BCUT2D eigenvalue weighted by molar-refractivity contribution is -0.136. The minimum Gasteiger partial charge on any atom is -0.481 e. The standard InChI is InChI=1S/C10H12N2O3S/c13-7(14)4-6-8(5-2-1-3-5)11-10(16)12-9(6)15/h5H,1-4H2,(H,13,14)(H2,11,12,15,16). The molecule has 0 aliphatic heterocycles. The highest BCUT2D eigenvalue weighted by Crippen LogP contribution is 2.36. The zero-order valence-electron chi connectivity index (χ0n) is 8.58. The van der Waals surface area contributed by atoms with Gasteiger partial charge in [0.15, 0.2) is 4.77 Å². The van der Waals surface area contributed by atoms with Crippen LogP contribution in [0.5, 0.6) is 0 Å². The van der Waals surface area contributed by atoms with Crippen LogP contribution in [-0.4, -0.2) is 21.0 Å². The van der Waals surface area contributed by atoms with Crippen LogP contribution < -0.4 is 5.56 Å². The number of aliphatic carboxylic acids is 1. The Balaban J connectivity index is 2.50. The molecule has 5 nitrogen and oxygen atoms in total. The summed E-state index contributed by atoms with van der Waals surface area (Å²) in [5, 5.41) is 8.76. The van der Waals surface area contributed by atoms with Crippen LogP contribution >= 0.6 is 12.2 Å². The Morgan fingerprint density at radius 2 is 2.12 bits per heavy atom. The third-order valence-electron chi connectivity index (χ3n) is 2.92. The van der Waals surface area contributed by atoms with Crippen molar-refractivity contribution in [2.75, 3.05) is 0 Å². The van der Waals surface area contributed by atoms with Gasteiger partial charge in [-0.1, -0.05) is 6.42 Å². The average molecular weight is 240 g/mol. The van der Waals surface area contributed by atoms with E-state index in [9.17, 15) is 9.59 Å². The second-order valence-electron chi connectivity index (χ2n) is 4.00. The van der Waals surface area contributed by atoms with E-state index in [0.29, 0.717) is 11.3 Å². The monoisotopic (exact) mass is 240 g/mol. The summed E-state index contributed by atoms with van der Waals surface area (Å²) in [7, 11) is 0. The Morgan fingerprint density at radius 3 is 2.62 bits per heavy atom. The first kappa shape index (κ1) is 11.1. The molecule has 2 rings (SSSR count). The molecular formula is C10H12N2O3S. The molecule has 1 fully saturated rings. The number of carboxylic acid groups (broad SMARTS) is 1. The van der Waals surface area contributed by atoms with E-state index in [4.69, 9.17) is 17.3 Å². The number of H-pyrrole nitrogens is 2. The van der Waals surface area contributed by atoms with Gasteiger partial charge in [-0.2, -0.15) is 0 Å². The molecule has 0 amide bonds. The van der Waals surface area contributed by atoms with Gasteiger partial charge in [0.25, 0.3) is 5.56 Å². The molecule has 1 aromatic heterocycles. The van der Waals surface area contributed by atoms with Crippen molar-refractivity contribution in [2.24, 2.45) is 0 Å². The van der Waals surface area contributed by atoms with E-state index in [1.807, 2.05) is 0 Å². The maximum absolute atomic E-state index is 11.6. The topological polar surface area (TPSA) is 85.9 Å². The fourth-order valence-corrected chi connectivity index (χ4v) is 2.10. The zero-order valence-corrected chi connectivity index (χ0v) is 9.39. The second kappa shape index (κ2) is 4.21. The Labute approximate surface area is 96.5 Å². The van der Waals surface area contributed by atoms with Crippen molar-refractivity contribution in [3.63, 3.8) is 0 Å². The number of hydrogen-bond donors (Lipinski definition) is 3. The van der Waals surface area contributed by atoms with E-state index in [0.717, 1.165) is 19.3 Å². The first-order valence-electron chi connectivity index (χ1n) is 5.15. The lowest BCUT2D eigenvalue weighted by atomic mass is 9.81. The highest BCUT2D eigenvalue weighted by atomic mass is 32.1. The summed E-state index contributed by atoms with van der Waals surface area (Å²) >= 11 is 4.89. The summed E-state index contributed by atoms with van der Waals surface area (Å²) in [6.45, 7) is 0. The number of hydrogen-bond acceptors (Lipinski definition) is 3. The molecule has 86 valence electrons. The second-order valence-corrected chi connectivity index (χ2v) is 4.41. The molecule has 0 saturated heterocycles. The summed E-state index contributed by atoms with van der Waals surface area (Å²) in [5.41, 5.74) is 0.640. The van der Waals surface area contributed by atoms with Crippen molar-refractivity contribution in [3.05, 3.63) is 26.4 Å². The molecule has 0 atom stereocenters. The molecule has 6 heteroatoms. The number of nitrogens with one attached hydrogen (secondary N) is 2. The molecule has 0 aromatic carbocycles. The van der Waals surface area contributed by atoms with Gasteiger partial charge in [-0.15, -0.1) is 0 Å². The first-order chi connectivity index (χ1) is 7.58. The summed E-state index contributed by atoms with van der Waals surface area (Å²) in [6.07, 6.45) is 2.83. The first-order valence-corrected chi connectivity index (χ1v) is 5.56. The molecule has 0 radical (unpaired) electrons. The van der Waals surface area contributed by atoms with E-state index < -0.39 is 5.97 Å². The van der Waals surface area contributed by atoms with Gasteiger partial charge in [-0.25, -0.2) is 0 Å². The fourth-order valence-electron chi connectivity index (χ4n) is 1.90. The fraction of sp³-hybridized carbons (Fsp3) is 0.500. The van der Waals surface area contributed by atoms with Gasteiger partial charge < -0.3 is 10.1 Å². The summed E-state index contributed by atoms with van der Waals surface area (Å²) in [6, 6.07) is 0. The van der Waals surface area contributed by atoms with Crippen LogP contribution in [0.15, 0.2) is 4.79 Å². The Kier molecular flexibility index (Phi) is 2.91. The number of carboxylic acids is 1. The average Bonchev–Trinajstić information content (AvgIpc) is 2.07. The normalized spacial score (nSPS) is 15.8. The van der Waals surface area contributed by atoms with Gasteiger partial charge in [0.1, 0.15) is 0 Å². The number of carbonyl (C=O) groups is 1. The maximum Gasteiger partial charge on any atom is 0.308 e. The molecule has 1 aromatic rings. The van der Waals surface area contributed by atoms with Crippen LogP contribution in [0.25, 0.3) is 0 Å².